The second kappa shape index (κ2) is 10.6. The highest BCUT2D eigenvalue weighted by Crippen LogP contribution is 2.46. The summed E-state index contributed by atoms with van der Waals surface area (Å²) in [6.45, 7) is 5.81. The molecule has 3 rings (SSSR count). The second-order valence-electron chi connectivity index (χ2n) is 6.40. The fraction of sp³-hybridized carbons (Fsp3) is 0.182. The molecule has 0 saturated carbocycles. The van der Waals surface area contributed by atoms with Crippen LogP contribution in [-0.4, -0.2) is 22.4 Å². The van der Waals surface area contributed by atoms with Crippen LogP contribution in [0.4, 0.5) is 11.4 Å². The predicted octanol–water partition coefficient (Wildman–Crippen LogP) is 6.41. The molecule has 0 aliphatic heterocycles. The van der Waals surface area contributed by atoms with E-state index in [-0.39, 0.29) is 27.2 Å². The number of halogens is 2. The molecule has 0 aromatic heterocycles. The monoisotopic (exact) mass is 480 g/mol. The Kier molecular flexibility index (Phi) is 7.90. The summed E-state index contributed by atoms with van der Waals surface area (Å²) in [6, 6.07) is 17.5. The first-order chi connectivity index (χ1) is 14.9. The Morgan fingerprint density at radius 3 is 2.35 bits per heavy atom. The SMILES string of the molecule is CCN(CC)c1cccc(Oc2c(NS(=O)Oc3ccccc3)cc(Cl)c(O)c2Cl)c1. The molecule has 6 nitrogen and oxygen atoms in total. The number of phenolic OH excluding ortho intramolecular Hbond substituents is 1. The molecule has 0 heterocycles. The molecule has 3 aromatic carbocycles. The molecule has 0 fully saturated rings. The lowest BCUT2D eigenvalue weighted by Gasteiger charge is -2.22. The van der Waals surface area contributed by atoms with Crippen LogP contribution in [0.3, 0.4) is 0 Å². The van der Waals surface area contributed by atoms with Crippen molar-refractivity contribution in [1.29, 1.82) is 0 Å². The number of aromatic hydroxyl groups is 1. The van der Waals surface area contributed by atoms with Crippen molar-refractivity contribution in [2.75, 3.05) is 22.7 Å². The summed E-state index contributed by atoms with van der Waals surface area (Å²) >= 11 is 10.4. The number of hydrogen-bond acceptors (Lipinski definition) is 5. The fourth-order valence-electron chi connectivity index (χ4n) is 2.89. The molecule has 1 unspecified atom stereocenters. The average Bonchev–Trinajstić information content (AvgIpc) is 2.77. The first kappa shape index (κ1) is 23.1. The Bertz CT molecular complexity index is 1060. The van der Waals surface area contributed by atoms with Gasteiger partial charge >= 0.3 is 11.3 Å². The number of hydrogen-bond donors (Lipinski definition) is 2. The van der Waals surface area contributed by atoms with E-state index in [0.717, 1.165) is 18.8 Å². The molecule has 0 amide bonds. The minimum absolute atomic E-state index is 0.0200. The van der Waals surface area contributed by atoms with Crippen LogP contribution in [0.15, 0.2) is 60.7 Å². The molecule has 0 aliphatic rings. The Labute approximate surface area is 194 Å². The van der Waals surface area contributed by atoms with Gasteiger partial charge in [-0.15, -0.1) is 0 Å². The highest BCUT2D eigenvalue weighted by atomic mass is 35.5. The molecule has 0 spiro atoms. The van der Waals surface area contributed by atoms with E-state index in [1.165, 1.54) is 6.07 Å². The lowest BCUT2D eigenvalue weighted by molar-refractivity contribution is 0.457. The van der Waals surface area contributed by atoms with Gasteiger partial charge in [0.05, 0.1) is 10.7 Å². The van der Waals surface area contributed by atoms with Crippen LogP contribution in [0.5, 0.6) is 23.0 Å². The maximum absolute atomic E-state index is 12.5. The summed E-state index contributed by atoms with van der Waals surface area (Å²) in [5, 5.41) is 10.1. The van der Waals surface area contributed by atoms with Gasteiger partial charge in [-0.05, 0) is 44.2 Å². The summed E-state index contributed by atoms with van der Waals surface area (Å²) in [5.74, 6) is 0.647. The lowest BCUT2D eigenvalue weighted by Crippen LogP contribution is -2.21. The van der Waals surface area contributed by atoms with Crippen LogP contribution in [0.25, 0.3) is 0 Å². The third-order valence-electron chi connectivity index (χ3n) is 4.42. The number of rotatable bonds is 9. The van der Waals surface area contributed by atoms with E-state index in [2.05, 4.69) is 23.5 Å². The molecule has 0 bridgehead atoms. The van der Waals surface area contributed by atoms with Crippen LogP contribution in [-0.2, 0) is 11.3 Å². The summed E-state index contributed by atoms with van der Waals surface area (Å²) in [4.78, 5) is 2.16. The number of phenols is 1. The summed E-state index contributed by atoms with van der Waals surface area (Å²) in [7, 11) is 0. The first-order valence-electron chi connectivity index (χ1n) is 9.58. The largest absolute Gasteiger partial charge is 0.505 e. The molecule has 0 saturated heterocycles. The van der Waals surface area contributed by atoms with E-state index < -0.39 is 11.3 Å². The van der Waals surface area contributed by atoms with Crippen molar-refractivity contribution in [3.8, 4) is 23.0 Å². The number of benzene rings is 3. The smallest absolute Gasteiger partial charge is 0.316 e. The van der Waals surface area contributed by atoms with Gasteiger partial charge in [0.2, 0.25) is 0 Å². The number of para-hydroxylation sites is 1. The van der Waals surface area contributed by atoms with Gasteiger partial charge in [-0.1, -0.05) is 47.5 Å². The Balaban J connectivity index is 1.90. The van der Waals surface area contributed by atoms with E-state index in [9.17, 15) is 9.32 Å². The van der Waals surface area contributed by atoms with Gasteiger partial charge in [0.1, 0.15) is 16.5 Å². The molecular weight excluding hydrogens is 459 g/mol. The fourth-order valence-corrected chi connectivity index (χ4v) is 4.04. The zero-order valence-electron chi connectivity index (χ0n) is 17.0. The minimum Gasteiger partial charge on any atom is -0.505 e. The Morgan fingerprint density at radius 2 is 1.68 bits per heavy atom. The summed E-state index contributed by atoms with van der Waals surface area (Å²) in [5.41, 5.74) is 1.18. The van der Waals surface area contributed by atoms with Gasteiger partial charge in [-0.3, -0.25) is 4.72 Å². The van der Waals surface area contributed by atoms with Gasteiger partial charge in [0.15, 0.2) is 11.5 Å². The van der Waals surface area contributed by atoms with Crippen molar-refractivity contribution < 1.29 is 18.2 Å². The normalized spacial score (nSPS) is 11.6. The quantitative estimate of drug-likeness (QED) is 0.346. The van der Waals surface area contributed by atoms with Crippen LogP contribution in [0.2, 0.25) is 10.0 Å². The highest BCUT2D eigenvalue weighted by Gasteiger charge is 2.20. The van der Waals surface area contributed by atoms with Crippen molar-refractivity contribution in [2.45, 2.75) is 13.8 Å². The van der Waals surface area contributed by atoms with Gasteiger partial charge in [-0.2, -0.15) is 4.21 Å². The molecule has 31 heavy (non-hydrogen) atoms. The molecule has 9 heteroatoms. The Hall–Kier alpha value is -2.61. The summed E-state index contributed by atoms with van der Waals surface area (Å²) in [6.07, 6.45) is 0. The van der Waals surface area contributed by atoms with Crippen LogP contribution in [0.1, 0.15) is 13.8 Å². The molecule has 0 radical (unpaired) electrons. The van der Waals surface area contributed by atoms with E-state index in [1.54, 1.807) is 30.3 Å². The van der Waals surface area contributed by atoms with Gasteiger partial charge in [0.25, 0.3) is 0 Å². The van der Waals surface area contributed by atoms with Crippen LogP contribution < -0.4 is 18.5 Å². The van der Waals surface area contributed by atoms with E-state index in [4.69, 9.17) is 32.1 Å². The maximum Gasteiger partial charge on any atom is 0.316 e. The van der Waals surface area contributed by atoms with Crippen molar-refractivity contribution in [1.82, 2.24) is 0 Å². The standard InChI is InChI=1S/C22H22Cl2N2O4S/c1-3-26(4-2)15-9-8-12-17(13-15)29-22-19(14-18(23)21(27)20(22)24)25-31(28)30-16-10-6-5-7-11-16/h5-14,25,27H,3-4H2,1-2H3. The lowest BCUT2D eigenvalue weighted by atomic mass is 10.2. The van der Waals surface area contributed by atoms with Crippen molar-refractivity contribution in [3.05, 3.63) is 70.7 Å². The van der Waals surface area contributed by atoms with Gasteiger partial charge < -0.3 is 18.9 Å². The van der Waals surface area contributed by atoms with Gasteiger partial charge in [-0.25, -0.2) is 0 Å². The first-order valence-corrected chi connectivity index (χ1v) is 11.4. The number of nitrogens with one attached hydrogen (secondary N) is 1. The Morgan fingerprint density at radius 1 is 1.00 bits per heavy atom. The van der Waals surface area contributed by atoms with Gasteiger partial charge in [0, 0.05) is 24.8 Å². The van der Waals surface area contributed by atoms with Crippen molar-refractivity contribution in [2.24, 2.45) is 0 Å². The molecule has 2 N–H and O–H groups in total. The zero-order chi connectivity index (χ0) is 22.4. The van der Waals surface area contributed by atoms with E-state index in [1.807, 2.05) is 24.3 Å². The zero-order valence-corrected chi connectivity index (χ0v) is 19.3. The van der Waals surface area contributed by atoms with Crippen LogP contribution in [0, 0.1) is 0 Å². The number of nitrogens with zero attached hydrogens (tertiary/aromatic N) is 1. The van der Waals surface area contributed by atoms with E-state index >= 15 is 0 Å². The average molecular weight is 481 g/mol. The van der Waals surface area contributed by atoms with E-state index in [0.29, 0.717) is 11.5 Å². The molecule has 1 atom stereocenters. The third kappa shape index (κ3) is 5.76. The van der Waals surface area contributed by atoms with Crippen molar-refractivity contribution >= 4 is 45.8 Å². The maximum atomic E-state index is 12.5. The minimum atomic E-state index is -1.97. The topological polar surface area (TPSA) is 71.0 Å². The second-order valence-corrected chi connectivity index (χ2v) is 8.03. The third-order valence-corrected chi connectivity index (χ3v) is 5.79. The van der Waals surface area contributed by atoms with Crippen LogP contribution >= 0.6 is 23.2 Å². The van der Waals surface area contributed by atoms with Crippen molar-refractivity contribution in [3.63, 3.8) is 0 Å². The molecule has 164 valence electrons. The number of anilines is 2. The summed E-state index contributed by atoms with van der Waals surface area (Å²) < 4.78 is 26.5. The predicted molar refractivity (Wildman–Crippen MR) is 127 cm³/mol. The highest BCUT2D eigenvalue weighted by molar-refractivity contribution is 7.82. The molecule has 3 aromatic rings. The number of ether oxygens (including phenoxy) is 1. The molecular formula is C22H22Cl2N2O4S. The molecule has 0 aliphatic carbocycles.